The molecule has 0 bridgehead atoms. The Morgan fingerprint density at radius 2 is 1.90 bits per heavy atom. The monoisotopic (exact) mass is 139 g/mol. The molecule has 1 spiro atoms. The van der Waals surface area contributed by atoms with Crippen LogP contribution in [0.1, 0.15) is 39.5 Å². The fraction of sp³-hybridized carbons (Fsp3) is 1.00. The van der Waals surface area contributed by atoms with Crippen molar-refractivity contribution >= 4 is 0 Å². The van der Waals surface area contributed by atoms with Gasteiger partial charge in [0.25, 0.3) is 0 Å². The summed E-state index contributed by atoms with van der Waals surface area (Å²) in [5, 5.41) is 0. The highest BCUT2D eigenvalue weighted by Gasteiger charge is 2.57. The van der Waals surface area contributed by atoms with Crippen LogP contribution >= 0.6 is 0 Å². The predicted molar refractivity (Wildman–Crippen MR) is 42.7 cm³/mol. The fourth-order valence-corrected chi connectivity index (χ4v) is 2.59. The highest BCUT2D eigenvalue weighted by atomic mass is 14.8. The van der Waals surface area contributed by atoms with E-state index in [-0.39, 0.29) is 0 Å². The van der Waals surface area contributed by atoms with Crippen LogP contribution in [0, 0.1) is 10.8 Å². The molecule has 2 atom stereocenters. The smallest absolute Gasteiger partial charge is 0.0102 e. The quantitative estimate of drug-likeness (QED) is 0.545. The third-order valence-corrected chi connectivity index (χ3v) is 3.38. The molecule has 0 saturated heterocycles. The molecule has 10 heavy (non-hydrogen) atoms. The molecule has 58 valence electrons. The molecule has 0 radical (unpaired) electrons. The lowest BCUT2D eigenvalue weighted by atomic mass is 9.89. The molecule has 1 nitrogen and oxygen atoms in total. The molecule has 0 heterocycles. The van der Waals surface area contributed by atoms with Crippen molar-refractivity contribution in [2.24, 2.45) is 16.6 Å². The fourth-order valence-electron chi connectivity index (χ4n) is 2.59. The minimum atomic E-state index is 0.550. The summed E-state index contributed by atoms with van der Waals surface area (Å²) in [6, 6.07) is 0.550. The molecule has 2 fully saturated rings. The van der Waals surface area contributed by atoms with Crippen LogP contribution < -0.4 is 5.73 Å². The predicted octanol–water partition coefficient (Wildman–Crippen LogP) is 1.91. The van der Waals surface area contributed by atoms with Gasteiger partial charge in [0, 0.05) is 6.04 Å². The number of hydrogen-bond donors (Lipinski definition) is 1. The lowest BCUT2D eigenvalue weighted by molar-refractivity contribution is 0.350. The first kappa shape index (κ1) is 6.66. The summed E-state index contributed by atoms with van der Waals surface area (Å²) in [5.74, 6) is 0. The number of hydrogen-bond acceptors (Lipinski definition) is 1. The maximum Gasteiger partial charge on any atom is 0.0102 e. The van der Waals surface area contributed by atoms with Crippen molar-refractivity contribution in [3.8, 4) is 0 Å². The summed E-state index contributed by atoms with van der Waals surface area (Å²) in [5.41, 5.74) is 7.09. The summed E-state index contributed by atoms with van der Waals surface area (Å²) >= 11 is 0. The molecule has 2 saturated carbocycles. The first-order chi connectivity index (χ1) is 4.54. The van der Waals surface area contributed by atoms with E-state index in [1.807, 2.05) is 0 Å². The van der Waals surface area contributed by atoms with Gasteiger partial charge >= 0.3 is 0 Å². The van der Waals surface area contributed by atoms with E-state index in [4.69, 9.17) is 5.73 Å². The van der Waals surface area contributed by atoms with Crippen LogP contribution in [0.3, 0.4) is 0 Å². The van der Waals surface area contributed by atoms with Gasteiger partial charge in [0.05, 0.1) is 0 Å². The zero-order chi connectivity index (χ0) is 7.41. The van der Waals surface area contributed by atoms with Crippen LogP contribution in [-0.4, -0.2) is 6.04 Å². The minimum Gasteiger partial charge on any atom is -0.327 e. The summed E-state index contributed by atoms with van der Waals surface area (Å²) in [6.07, 6.45) is 5.46. The van der Waals surface area contributed by atoms with Gasteiger partial charge in [-0.05, 0) is 36.5 Å². The van der Waals surface area contributed by atoms with Crippen LogP contribution in [0.5, 0.6) is 0 Å². The van der Waals surface area contributed by atoms with Gasteiger partial charge in [0.2, 0.25) is 0 Å². The van der Waals surface area contributed by atoms with E-state index in [9.17, 15) is 0 Å². The summed E-state index contributed by atoms with van der Waals surface area (Å²) in [4.78, 5) is 0. The van der Waals surface area contributed by atoms with Gasteiger partial charge in [-0.2, -0.15) is 0 Å². The maximum absolute atomic E-state index is 5.88. The molecule has 0 aromatic heterocycles. The molecule has 2 unspecified atom stereocenters. The zero-order valence-corrected chi connectivity index (χ0v) is 6.98. The molecule has 0 aromatic carbocycles. The SMILES string of the molecule is CC1(C)CCC2(CC2N)C1. The molecular weight excluding hydrogens is 122 g/mol. The van der Waals surface area contributed by atoms with Crippen molar-refractivity contribution in [2.75, 3.05) is 0 Å². The van der Waals surface area contributed by atoms with E-state index in [2.05, 4.69) is 13.8 Å². The van der Waals surface area contributed by atoms with Gasteiger partial charge in [0.15, 0.2) is 0 Å². The molecule has 0 amide bonds. The second-order valence-electron chi connectivity index (χ2n) is 5.01. The third-order valence-electron chi connectivity index (χ3n) is 3.38. The first-order valence-electron chi connectivity index (χ1n) is 4.30. The van der Waals surface area contributed by atoms with E-state index in [0.29, 0.717) is 16.9 Å². The molecule has 2 N–H and O–H groups in total. The standard InChI is InChI=1S/C9H17N/c1-8(2)3-4-9(6-8)5-7(9)10/h7H,3-6,10H2,1-2H3. The molecule has 0 aliphatic heterocycles. The highest BCUT2D eigenvalue weighted by Crippen LogP contribution is 2.62. The van der Waals surface area contributed by atoms with Gasteiger partial charge in [-0.15, -0.1) is 0 Å². The summed E-state index contributed by atoms with van der Waals surface area (Å²) in [7, 11) is 0. The maximum atomic E-state index is 5.88. The van der Waals surface area contributed by atoms with Crippen LogP contribution in [-0.2, 0) is 0 Å². The molecule has 2 aliphatic carbocycles. The molecule has 2 rings (SSSR count). The normalized spacial score (nSPS) is 50.1. The van der Waals surface area contributed by atoms with Crippen LogP contribution in [0.15, 0.2) is 0 Å². The van der Waals surface area contributed by atoms with Crippen LogP contribution in [0.4, 0.5) is 0 Å². The van der Waals surface area contributed by atoms with E-state index in [1.165, 1.54) is 25.7 Å². The molecule has 1 heteroatoms. The Balaban J connectivity index is 2.08. The second-order valence-corrected chi connectivity index (χ2v) is 5.01. The largest absolute Gasteiger partial charge is 0.327 e. The van der Waals surface area contributed by atoms with Gasteiger partial charge in [-0.25, -0.2) is 0 Å². The van der Waals surface area contributed by atoms with E-state index in [1.54, 1.807) is 0 Å². The van der Waals surface area contributed by atoms with Gasteiger partial charge in [-0.1, -0.05) is 13.8 Å². The van der Waals surface area contributed by atoms with Gasteiger partial charge in [-0.3, -0.25) is 0 Å². The highest BCUT2D eigenvalue weighted by molar-refractivity contribution is 5.11. The number of rotatable bonds is 0. The van der Waals surface area contributed by atoms with E-state index in [0.717, 1.165) is 0 Å². The van der Waals surface area contributed by atoms with E-state index >= 15 is 0 Å². The van der Waals surface area contributed by atoms with Gasteiger partial charge < -0.3 is 5.73 Å². The number of nitrogens with two attached hydrogens (primary N) is 1. The van der Waals surface area contributed by atoms with Crippen molar-refractivity contribution in [1.29, 1.82) is 0 Å². The molecule has 0 aromatic rings. The Labute approximate surface area is 63.0 Å². The van der Waals surface area contributed by atoms with Crippen molar-refractivity contribution in [2.45, 2.75) is 45.6 Å². The lowest BCUT2D eigenvalue weighted by Crippen LogP contribution is -2.12. The minimum absolute atomic E-state index is 0.550. The van der Waals surface area contributed by atoms with Crippen molar-refractivity contribution in [3.63, 3.8) is 0 Å². The lowest BCUT2D eigenvalue weighted by Gasteiger charge is -2.16. The van der Waals surface area contributed by atoms with Crippen molar-refractivity contribution in [1.82, 2.24) is 0 Å². The molecular formula is C9H17N. The Kier molecular flexibility index (Phi) is 1.05. The second kappa shape index (κ2) is 1.58. The average Bonchev–Trinajstić information content (AvgIpc) is 2.25. The van der Waals surface area contributed by atoms with Crippen LogP contribution in [0.25, 0.3) is 0 Å². The Morgan fingerprint density at radius 1 is 1.30 bits per heavy atom. The third kappa shape index (κ3) is 0.800. The van der Waals surface area contributed by atoms with Crippen LogP contribution in [0.2, 0.25) is 0 Å². The average molecular weight is 139 g/mol. The summed E-state index contributed by atoms with van der Waals surface area (Å²) in [6.45, 7) is 4.74. The topological polar surface area (TPSA) is 26.0 Å². The summed E-state index contributed by atoms with van der Waals surface area (Å²) < 4.78 is 0. The van der Waals surface area contributed by atoms with Crippen molar-refractivity contribution in [3.05, 3.63) is 0 Å². The Bertz CT molecular complexity index is 162. The zero-order valence-electron chi connectivity index (χ0n) is 6.98. The van der Waals surface area contributed by atoms with Gasteiger partial charge in [0.1, 0.15) is 0 Å². The Hall–Kier alpha value is -0.0400. The molecule has 2 aliphatic rings. The Morgan fingerprint density at radius 3 is 2.10 bits per heavy atom. The first-order valence-corrected chi connectivity index (χ1v) is 4.30. The van der Waals surface area contributed by atoms with Crippen molar-refractivity contribution < 1.29 is 0 Å². The van der Waals surface area contributed by atoms with E-state index < -0.39 is 0 Å².